The first-order valence-corrected chi connectivity index (χ1v) is 16.1. The van der Waals surface area contributed by atoms with E-state index in [0.717, 1.165) is 49.6 Å². The van der Waals surface area contributed by atoms with E-state index in [1.807, 2.05) is 38.1 Å². The molecule has 10 nitrogen and oxygen atoms in total. The fourth-order valence-electron chi connectivity index (χ4n) is 4.22. The van der Waals surface area contributed by atoms with Crippen molar-refractivity contribution in [3.63, 3.8) is 0 Å². The molecule has 2 atom stereocenters. The number of morpholine rings is 1. The van der Waals surface area contributed by atoms with Crippen molar-refractivity contribution >= 4 is 41.0 Å². The summed E-state index contributed by atoms with van der Waals surface area (Å²) in [6, 6.07) is 9.39. The number of aryl methyl sites for hydroxylation is 1. The number of ketones is 1. The lowest BCUT2D eigenvalue weighted by molar-refractivity contribution is -0.122. The zero-order valence-corrected chi connectivity index (χ0v) is 27.6. The fraction of sp³-hybridized carbons (Fsp3) is 0.485. The van der Waals surface area contributed by atoms with Crippen LogP contribution in [0.15, 0.2) is 59.5 Å². The number of hydrogen-bond donors (Lipinski definition) is 2. The van der Waals surface area contributed by atoms with E-state index in [0.29, 0.717) is 48.9 Å². The van der Waals surface area contributed by atoms with Gasteiger partial charge in [0, 0.05) is 37.5 Å². The molecular weight excluding hydrogens is 578 g/mol. The Kier molecular flexibility index (Phi) is 19.9. The summed E-state index contributed by atoms with van der Waals surface area (Å²) >= 11 is 1.29. The van der Waals surface area contributed by atoms with Gasteiger partial charge >= 0.3 is 6.03 Å². The van der Waals surface area contributed by atoms with Crippen LogP contribution in [0.1, 0.15) is 69.4 Å². The third-order valence-corrected chi connectivity index (χ3v) is 7.38. The van der Waals surface area contributed by atoms with Gasteiger partial charge in [-0.1, -0.05) is 81.8 Å². The van der Waals surface area contributed by atoms with Gasteiger partial charge in [0.15, 0.2) is 10.9 Å². The van der Waals surface area contributed by atoms with Gasteiger partial charge in [0.2, 0.25) is 6.41 Å². The van der Waals surface area contributed by atoms with Gasteiger partial charge in [0.1, 0.15) is 12.0 Å². The number of ether oxygens (including phenoxy) is 1. The molecular formula is C33H49N5O5S. The number of nitrogens with one attached hydrogen (secondary N) is 1. The molecule has 44 heavy (non-hydrogen) atoms. The number of nitrogens with zero attached hydrogens (tertiary/aromatic N) is 3. The minimum atomic E-state index is -0.721. The van der Waals surface area contributed by atoms with Crippen LogP contribution in [-0.4, -0.2) is 84.2 Å². The zero-order chi connectivity index (χ0) is 32.7. The average Bonchev–Trinajstić information content (AvgIpc) is 3.36. The van der Waals surface area contributed by atoms with Crippen molar-refractivity contribution in [3.8, 4) is 0 Å². The number of imide groups is 1. The summed E-state index contributed by atoms with van der Waals surface area (Å²) in [6.07, 6.45) is 10.2. The predicted molar refractivity (Wildman–Crippen MR) is 178 cm³/mol. The second-order valence-corrected chi connectivity index (χ2v) is 10.6. The van der Waals surface area contributed by atoms with E-state index in [1.165, 1.54) is 16.9 Å². The Bertz CT molecular complexity index is 1180. The Labute approximate surface area is 266 Å². The Morgan fingerprint density at radius 2 is 1.86 bits per heavy atom. The van der Waals surface area contributed by atoms with Gasteiger partial charge in [0.05, 0.1) is 19.3 Å². The number of nitrogen functional groups attached to an aromatic ring is 1. The van der Waals surface area contributed by atoms with E-state index >= 15 is 0 Å². The molecule has 11 heteroatoms. The van der Waals surface area contributed by atoms with Crippen LogP contribution >= 0.6 is 11.3 Å². The number of benzene rings is 1. The van der Waals surface area contributed by atoms with Crippen LogP contribution < -0.4 is 11.1 Å². The molecule has 1 saturated heterocycles. The van der Waals surface area contributed by atoms with Crippen molar-refractivity contribution in [2.75, 3.05) is 38.6 Å². The highest BCUT2D eigenvalue weighted by molar-refractivity contribution is 7.13. The Hall–Kier alpha value is -3.67. The summed E-state index contributed by atoms with van der Waals surface area (Å²) < 4.78 is 5.39. The highest BCUT2D eigenvalue weighted by Crippen LogP contribution is 2.17. The molecule has 1 aromatic carbocycles. The lowest BCUT2D eigenvalue weighted by Crippen LogP contribution is -2.46. The molecule has 2 aliphatic rings. The first kappa shape index (κ1) is 38.4. The van der Waals surface area contributed by atoms with E-state index in [1.54, 1.807) is 19.2 Å². The lowest BCUT2D eigenvalue weighted by atomic mass is 10.1. The van der Waals surface area contributed by atoms with E-state index in [4.69, 9.17) is 10.5 Å². The Balaban J connectivity index is 0.000000413. The number of allylic oxidation sites excluding steroid dienone is 1. The van der Waals surface area contributed by atoms with Gasteiger partial charge in [-0.2, -0.15) is 0 Å². The minimum Gasteiger partial charge on any atom is -0.379 e. The normalized spacial score (nSPS) is 16.5. The monoisotopic (exact) mass is 627 g/mol. The SMILES string of the molecule is CC.CCC(=O)c1csc(N)n1.CCC(C=O)N(C=O)C(=O)NCC1=CCCC(N2CCOCC2)C=C1.Cc1ccccc1. The molecule has 1 aliphatic heterocycles. The van der Waals surface area contributed by atoms with Crippen molar-refractivity contribution in [1.29, 1.82) is 0 Å². The second kappa shape index (κ2) is 22.8. The third kappa shape index (κ3) is 14.2. The number of aromatic nitrogens is 1. The quantitative estimate of drug-likeness (QED) is 0.277. The number of rotatable bonds is 9. The van der Waals surface area contributed by atoms with Crippen molar-refractivity contribution < 1.29 is 23.9 Å². The maximum atomic E-state index is 12.1. The third-order valence-electron chi connectivity index (χ3n) is 6.71. The summed E-state index contributed by atoms with van der Waals surface area (Å²) in [5.74, 6) is 0.0490. The molecule has 2 aromatic rings. The van der Waals surface area contributed by atoms with Gasteiger partial charge in [-0.3, -0.25) is 19.4 Å². The predicted octanol–water partition coefficient (Wildman–Crippen LogP) is 5.45. The van der Waals surface area contributed by atoms with Gasteiger partial charge in [0.25, 0.3) is 0 Å². The molecule has 3 N–H and O–H groups in total. The van der Waals surface area contributed by atoms with Crippen molar-refractivity contribution in [2.45, 2.75) is 72.4 Å². The molecule has 1 aromatic heterocycles. The molecule has 2 heterocycles. The lowest BCUT2D eigenvalue weighted by Gasteiger charge is -2.32. The largest absolute Gasteiger partial charge is 0.379 e. The molecule has 242 valence electrons. The number of urea groups is 1. The smallest absolute Gasteiger partial charge is 0.324 e. The topological polar surface area (TPSA) is 135 Å². The highest BCUT2D eigenvalue weighted by Gasteiger charge is 2.22. The zero-order valence-electron chi connectivity index (χ0n) is 26.7. The Morgan fingerprint density at radius 3 is 2.36 bits per heavy atom. The van der Waals surface area contributed by atoms with Crippen LogP contribution in [0.25, 0.3) is 0 Å². The standard InChI is InChI=1S/C18H27N3O4.C7H8.C6H8N2OS.C2H6/c1-2-16(13-22)21(14-23)18(24)19-12-15-4-3-5-17(7-6-15)20-8-10-25-11-9-20;1-7-5-3-2-4-6-7;1-2-5(9)4-3-10-6(7)8-4;1-2/h4,6-7,13-14,16-17H,2-3,5,8-12H2,1H3,(H,19,24);2-6H,1H3;3H,2H2,1H3,(H2,7,8);1-2H3. The average molecular weight is 628 g/mol. The number of aldehydes is 1. The van der Waals surface area contributed by atoms with E-state index < -0.39 is 12.1 Å². The number of carbonyl (C=O) groups excluding carboxylic acids is 4. The fourth-order valence-corrected chi connectivity index (χ4v) is 4.79. The maximum Gasteiger partial charge on any atom is 0.324 e. The number of nitrogens with two attached hydrogens (primary N) is 1. The van der Waals surface area contributed by atoms with Gasteiger partial charge < -0.3 is 20.6 Å². The van der Waals surface area contributed by atoms with Gasteiger partial charge in [-0.25, -0.2) is 9.78 Å². The van der Waals surface area contributed by atoms with Crippen molar-refractivity contribution in [1.82, 2.24) is 20.1 Å². The number of thiazole rings is 1. The molecule has 0 saturated carbocycles. The summed E-state index contributed by atoms with van der Waals surface area (Å²) in [4.78, 5) is 52.2. The van der Waals surface area contributed by atoms with E-state index in [9.17, 15) is 19.2 Å². The molecule has 1 aliphatic carbocycles. The summed E-state index contributed by atoms with van der Waals surface area (Å²) in [5, 5.41) is 4.86. The van der Waals surface area contributed by atoms with E-state index in [-0.39, 0.29) is 5.78 Å². The van der Waals surface area contributed by atoms with Crippen LogP contribution in [0.5, 0.6) is 0 Å². The molecule has 0 spiro atoms. The van der Waals surface area contributed by atoms with Crippen LogP contribution in [0.3, 0.4) is 0 Å². The minimum absolute atomic E-state index is 0.0490. The summed E-state index contributed by atoms with van der Waals surface area (Å²) in [7, 11) is 0. The first-order chi connectivity index (χ1) is 21.3. The molecule has 1 fully saturated rings. The van der Waals surface area contributed by atoms with Crippen molar-refractivity contribution in [2.24, 2.45) is 0 Å². The molecule has 0 radical (unpaired) electrons. The molecule has 0 bridgehead atoms. The Morgan fingerprint density at radius 1 is 1.18 bits per heavy atom. The highest BCUT2D eigenvalue weighted by atomic mass is 32.1. The molecule has 4 rings (SSSR count). The number of hydrogen-bond acceptors (Lipinski definition) is 9. The van der Waals surface area contributed by atoms with Crippen LogP contribution in [0.2, 0.25) is 0 Å². The summed E-state index contributed by atoms with van der Waals surface area (Å²) in [6.45, 7) is 13.4. The molecule has 3 amide bonds. The van der Waals surface area contributed by atoms with Crippen LogP contribution in [-0.2, 0) is 14.3 Å². The second-order valence-electron chi connectivity index (χ2n) is 9.72. The first-order valence-electron chi connectivity index (χ1n) is 15.2. The molecule has 2 unspecified atom stereocenters. The number of Topliss-reactive ketones (excluding diaryl/α,β-unsaturated/α-hetero) is 1. The van der Waals surface area contributed by atoms with Crippen LogP contribution in [0, 0.1) is 6.92 Å². The van der Waals surface area contributed by atoms with Crippen molar-refractivity contribution in [3.05, 3.63) is 70.8 Å². The van der Waals surface area contributed by atoms with Crippen LogP contribution in [0.4, 0.5) is 9.93 Å². The van der Waals surface area contributed by atoms with Gasteiger partial charge in [-0.05, 0) is 31.8 Å². The number of anilines is 1. The van der Waals surface area contributed by atoms with Gasteiger partial charge in [-0.15, -0.1) is 11.3 Å². The number of amides is 3. The number of carbonyl (C=O) groups is 4. The van der Waals surface area contributed by atoms with E-state index in [2.05, 4.69) is 46.4 Å². The summed E-state index contributed by atoms with van der Waals surface area (Å²) in [5.41, 5.74) is 8.15. The maximum absolute atomic E-state index is 12.1.